The number of carbonyl (C=O) groups is 2. The standard InChI is InChI=1S/C24H17NO5/c26-22(25-19-12-10-17(11-13-19)16-6-2-1-3-7-16)15-29-23(27)20-14-18-8-4-5-9-21(18)30-24(20)28/h1-14H,15H2,(H,25,26). The van der Waals surface area contributed by atoms with Crippen LogP contribution in [0.25, 0.3) is 22.1 Å². The summed E-state index contributed by atoms with van der Waals surface area (Å²) in [7, 11) is 0. The molecule has 4 rings (SSSR count). The first-order chi connectivity index (χ1) is 14.6. The molecule has 0 spiro atoms. The highest BCUT2D eigenvalue weighted by atomic mass is 16.5. The number of carbonyl (C=O) groups excluding carboxylic acids is 2. The number of hydrogen-bond acceptors (Lipinski definition) is 5. The van der Waals surface area contributed by atoms with E-state index in [2.05, 4.69) is 5.32 Å². The van der Waals surface area contributed by atoms with E-state index in [9.17, 15) is 14.4 Å². The lowest BCUT2D eigenvalue weighted by Gasteiger charge is -2.08. The fraction of sp³-hybridized carbons (Fsp3) is 0.0417. The van der Waals surface area contributed by atoms with Crippen molar-refractivity contribution in [2.24, 2.45) is 0 Å². The number of hydrogen-bond donors (Lipinski definition) is 1. The van der Waals surface area contributed by atoms with Crippen LogP contribution < -0.4 is 10.9 Å². The number of benzene rings is 3. The summed E-state index contributed by atoms with van der Waals surface area (Å²) in [6.45, 7) is -0.522. The molecule has 148 valence electrons. The molecule has 30 heavy (non-hydrogen) atoms. The first kappa shape index (κ1) is 19.1. The average Bonchev–Trinajstić information content (AvgIpc) is 2.78. The molecule has 0 aliphatic rings. The fourth-order valence-electron chi connectivity index (χ4n) is 2.99. The molecule has 0 atom stereocenters. The zero-order valence-electron chi connectivity index (χ0n) is 15.8. The number of fused-ring (bicyclic) bond motifs is 1. The maximum absolute atomic E-state index is 12.2. The van der Waals surface area contributed by atoms with Crippen molar-refractivity contribution < 1.29 is 18.7 Å². The van der Waals surface area contributed by atoms with Crippen LogP contribution in [0.4, 0.5) is 5.69 Å². The van der Waals surface area contributed by atoms with Gasteiger partial charge in [-0.3, -0.25) is 4.79 Å². The highest BCUT2D eigenvalue weighted by Crippen LogP contribution is 2.21. The predicted molar refractivity (Wildman–Crippen MR) is 113 cm³/mol. The Morgan fingerprint density at radius 1 is 0.833 bits per heavy atom. The van der Waals surface area contributed by atoms with Crippen LogP contribution in [0.15, 0.2) is 94.1 Å². The molecule has 0 saturated heterocycles. The molecule has 1 heterocycles. The molecule has 3 aromatic carbocycles. The summed E-state index contributed by atoms with van der Waals surface area (Å²) in [6, 6.07) is 25.4. The topological polar surface area (TPSA) is 85.6 Å². The van der Waals surface area contributed by atoms with Crippen molar-refractivity contribution in [1.82, 2.24) is 0 Å². The van der Waals surface area contributed by atoms with Crippen LogP contribution in [0.1, 0.15) is 10.4 Å². The lowest BCUT2D eigenvalue weighted by atomic mass is 10.1. The molecule has 0 unspecified atom stereocenters. The molecule has 1 N–H and O–H groups in total. The summed E-state index contributed by atoms with van der Waals surface area (Å²) in [5.41, 5.74) is 1.96. The Kier molecular flexibility index (Phi) is 5.39. The fourth-order valence-corrected chi connectivity index (χ4v) is 2.99. The van der Waals surface area contributed by atoms with Gasteiger partial charge in [-0.25, -0.2) is 9.59 Å². The minimum Gasteiger partial charge on any atom is -0.452 e. The van der Waals surface area contributed by atoms with Crippen LogP contribution in [0, 0.1) is 0 Å². The Hall–Kier alpha value is -4.19. The van der Waals surface area contributed by atoms with Crippen LogP contribution in [0.5, 0.6) is 0 Å². The molecule has 6 nitrogen and oxygen atoms in total. The van der Waals surface area contributed by atoms with E-state index in [0.717, 1.165) is 11.1 Å². The molecule has 0 saturated carbocycles. The maximum atomic E-state index is 12.2. The van der Waals surface area contributed by atoms with Gasteiger partial charge in [-0.05, 0) is 35.4 Å². The van der Waals surface area contributed by atoms with Gasteiger partial charge in [0.25, 0.3) is 5.91 Å². The normalized spacial score (nSPS) is 10.5. The Labute approximate surface area is 171 Å². The number of para-hydroxylation sites is 1. The summed E-state index contributed by atoms with van der Waals surface area (Å²) in [4.78, 5) is 36.3. The van der Waals surface area contributed by atoms with E-state index in [1.807, 2.05) is 42.5 Å². The number of rotatable bonds is 5. The van der Waals surface area contributed by atoms with Gasteiger partial charge in [-0.15, -0.1) is 0 Å². The largest absolute Gasteiger partial charge is 0.452 e. The zero-order chi connectivity index (χ0) is 20.9. The third-order valence-corrected chi connectivity index (χ3v) is 4.47. The Morgan fingerprint density at radius 3 is 2.27 bits per heavy atom. The van der Waals surface area contributed by atoms with Gasteiger partial charge in [0.2, 0.25) is 0 Å². The second-order valence-electron chi connectivity index (χ2n) is 6.55. The van der Waals surface area contributed by atoms with Gasteiger partial charge in [-0.1, -0.05) is 60.7 Å². The van der Waals surface area contributed by atoms with E-state index >= 15 is 0 Å². The van der Waals surface area contributed by atoms with Crippen molar-refractivity contribution in [1.29, 1.82) is 0 Å². The van der Waals surface area contributed by atoms with Crippen LogP contribution in [-0.2, 0) is 9.53 Å². The highest BCUT2D eigenvalue weighted by Gasteiger charge is 2.16. The third kappa shape index (κ3) is 4.28. The summed E-state index contributed by atoms with van der Waals surface area (Å²) >= 11 is 0. The lowest BCUT2D eigenvalue weighted by molar-refractivity contribution is -0.119. The van der Waals surface area contributed by atoms with E-state index in [1.54, 1.807) is 36.4 Å². The number of anilines is 1. The number of nitrogens with one attached hydrogen (secondary N) is 1. The van der Waals surface area contributed by atoms with Crippen LogP contribution in [-0.4, -0.2) is 18.5 Å². The molecule has 1 amide bonds. The molecular formula is C24H17NO5. The van der Waals surface area contributed by atoms with Crippen molar-refractivity contribution in [2.75, 3.05) is 11.9 Å². The highest BCUT2D eigenvalue weighted by molar-refractivity contribution is 5.96. The summed E-state index contributed by atoms with van der Waals surface area (Å²) in [5.74, 6) is -1.43. The van der Waals surface area contributed by atoms with Gasteiger partial charge in [0.15, 0.2) is 6.61 Å². The van der Waals surface area contributed by atoms with Crippen molar-refractivity contribution >= 4 is 28.5 Å². The number of ether oxygens (including phenoxy) is 1. The zero-order valence-corrected chi connectivity index (χ0v) is 15.8. The average molecular weight is 399 g/mol. The van der Waals surface area contributed by atoms with Gasteiger partial charge in [0.05, 0.1) is 0 Å². The van der Waals surface area contributed by atoms with Crippen LogP contribution >= 0.6 is 0 Å². The SMILES string of the molecule is O=C(COC(=O)c1cc2ccccc2oc1=O)Nc1ccc(-c2ccccc2)cc1. The monoisotopic (exact) mass is 399 g/mol. The summed E-state index contributed by atoms with van der Waals surface area (Å²) < 4.78 is 10.1. The summed E-state index contributed by atoms with van der Waals surface area (Å²) in [6.07, 6.45) is 0. The second kappa shape index (κ2) is 8.45. The molecule has 4 aromatic rings. The first-order valence-electron chi connectivity index (χ1n) is 9.25. The Balaban J connectivity index is 1.37. The van der Waals surface area contributed by atoms with Gasteiger partial charge in [0.1, 0.15) is 11.1 Å². The van der Waals surface area contributed by atoms with E-state index in [4.69, 9.17) is 9.15 Å². The van der Waals surface area contributed by atoms with E-state index in [-0.39, 0.29) is 5.56 Å². The maximum Gasteiger partial charge on any atom is 0.351 e. The quantitative estimate of drug-likeness (QED) is 0.400. The Morgan fingerprint density at radius 2 is 1.50 bits per heavy atom. The molecule has 1 aromatic heterocycles. The molecule has 0 radical (unpaired) electrons. The minimum atomic E-state index is -0.913. The van der Waals surface area contributed by atoms with Crippen molar-refractivity contribution in [3.05, 3.63) is 101 Å². The first-order valence-corrected chi connectivity index (χ1v) is 9.25. The van der Waals surface area contributed by atoms with Crippen molar-refractivity contribution in [3.8, 4) is 11.1 Å². The molecule has 0 aliphatic carbocycles. The lowest BCUT2D eigenvalue weighted by Crippen LogP contribution is -2.23. The number of amides is 1. The third-order valence-electron chi connectivity index (χ3n) is 4.47. The summed E-state index contributed by atoms with van der Waals surface area (Å²) in [5, 5.41) is 3.24. The number of esters is 1. The second-order valence-corrected chi connectivity index (χ2v) is 6.55. The molecule has 0 bridgehead atoms. The molecule has 0 fully saturated rings. The van der Waals surface area contributed by atoms with Crippen molar-refractivity contribution in [3.63, 3.8) is 0 Å². The molecule has 0 aliphatic heterocycles. The van der Waals surface area contributed by atoms with E-state index in [0.29, 0.717) is 16.7 Å². The minimum absolute atomic E-state index is 0.256. The van der Waals surface area contributed by atoms with Crippen molar-refractivity contribution in [2.45, 2.75) is 0 Å². The van der Waals surface area contributed by atoms with Crippen LogP contribution in [0.2, 0.25) is 0 Å². The van der Waals surface area contributed by atoms with E-state index < -0.39 is 24.1 Å². The van der Waals surface area contributed by atoms with Gasteiger partial charge in [0, 0.05) is 11.1 Å². The van der Waals surface area contributed by atoms with Gasteiger partial charge >= 0.3 is 11.6 Å². The van der Waals surface area contributed by atoms with Gasteiger partial charge < -0.3 is 14.5 Å². The molecule has 6 heteroatoms. The smallest absolute Gasteiger partial charge is 0.351 e. The Bertz CT molecular complexity index is 1260. The van der Waals surface area contributed by atoms with Crippen LogP contribution in [0.3, 0.4) is 0 Å². The van der Waals surface area contributed by atoms with E-state index in [1.165, 1.54) is 6.07 Å². The van der Waals surface area contributed by atoms with Gasteiger partial charge in [-0.2, -0.15) is 0 Å². The predicted octanol–water partition coefficient (Wildman–Crippen LogP) is 4.26. The molecular weight excluding hydrogens is 382 g/mol.